The van der Waals surface area contributed by atoms with Gasteiger partial charge in [0.1, 0.15) is 11.5 Å². The Morgan fingerprint density at radius 2 is 1.71 bits per heavy atom. The van der Waals surface area contributed by atoms with E-state index in [4.69, 9.17) is 21.3 Å². The summed E-state index contributed by atoms with van der Waals surface area (Å²) in [5.41, 5.74) is 5.50. The highest BCUT2D eigenvalue weighted by Gasteiger charge is 2.24. The van der Waals surface area contributed by atoms with Crippen molar-refractivity contribution in [2.24, 2.45) is 7.05 Å². The largest absolute Gasteiger partial charge is 0.457 e. The molecule has 0 saturated carbocycles. The topological polar surface area (TPSA) is 54.1 Å². The van der Waals surface area contributed by atoms with Gasteiger partial charge in [0.05, 0.1) is 22.3 Å². The van der Waals surface area contributed by atoms with E-state index >= 15 is 0 Å². The van der Waals surface area contributed by atoms with Gasteiger partial charge in [-0.15, -0.1) is 11.3 Å². The molecule has 0 amide bonds. The Balaban J connectivity index is 0.989. The molecule has 42 heavy (non-hydrogen) atoms. The van der Waals surface area contributed by atoms with Crippen molar-refractivity contribution in [3.05, 3.63) is 99.0 Å². The van der Waals surface area contributed by atoms with Crippen molar-refractivity contribution in [1.29, 1.82) is 5.26 Å². The minimum atomic E-state index is 0.538. The van der Waals surface area contributed by atoms with Crippen molar-refractivity contribution in [3.63, 3.8) is 0 Å². The highest BCUT2D eigenvalue weighted by atomic mass is 35.5. The zero-order valence-electron chi connectivity index (χ0n) is 24.1. The highest BCUT2D eigenvalue weighted by Crippen LogP contribution is 2.37. The van der Waals surface area contributed by atoms with Gasteiger partial charge in [-0.3, -0.25) is 0 Å². The molecule has 1 saturated heterocycles. The van der Waals surface area contributed by atoms with E-state index in [-0.39, 0.29) is 0 Å². The van der Waals surface area contributed by atoms with Gasteiger partial charge in [-0.1, -0.05) is 11.6 Å². The van der Waals surface area contributed by atoms with Crippen molar-refractivity contribution in [2.45, 2.75) is 44.9 Å². The molecule has 0 atom stereocenters. The number of piperidine rings is 1. The molecule has 0 spiro atoms. The van der Waals surface area contributed by atoms with Gasteiger partial charge >= 0.3 is 0 Å². The third-order valence-corrected chi connectivity index (χ3v) is 9.68. The van der Waals surface area contributed by atoms with E-state index < -0.39 is 0 Å². The molecule has 5 nitrogen and oxygen atoms in total. The lowest BCUT2D eigenvalue weighted by Crippen LogP contribution is -2.33. The number of nitriles is 1. The Bertz CT molecular complexity index is 1710. The first-order chi connectivity index (χ1) is 20.5. The van der Waals surface area contributed by atoms with E-state index in [1.165, 1.54) is 45.6 Å². The van der Waals surface area contributed by atoms with Crippen molar-refractivity contribution in [1.82, 2.24) is 14.5 Å². The highest BCUT2D eigenvalue weighted by molar-refractivity contribution is 7.12. The summed E-state index contributed by atoms with van der Waals surface area (Å²) in [7, 11) is 2.09. The van der Waals surface area contributed by atoms with Gasteiger partial charge in [-0.2, -0.15) is 5.26 Å². The summed E-state index contributed by atoms with van der Waals surface area (Å²) in [4.78, 5) is 9.01. The van der Waals surface area contributed by atoms with Crippen LogP contribution in [-0.4, -0.2) is 34.1 Å². The summed E-state index contributed by atoms with van der Waals surface area (Å²) in [5.74, 6) is 2.11. The van der Waals surface area contributed by atoms with Crippen molar-refractivity contribution in [3.8, 4) is 28.8 Å². The summed E-state index contributed by atoms with van der Waals surface area (Å²) in [6.45, 7) is 5.60. The van der Waals surface area contributed by atoms with Crippen LogP contribution in [0.4, 0.5) is 0 Å². The fourth-order valence-electron chi connectivity index (χ4n) is 5.98. The average molecular weight is 595 g/mol. The van der Waals surface area contributed by atoms with E-state index in [9.17, 15) is 5.26 Å². The van der Waals surface area contributed by atoms with E-state index in [2.05, 4.69) is 53.9 Å². The Kier molecular flexibility index (Phi) is 8.62. The van der Waals surface area contributed by atoms with Gasteiger partial charge in [-0.25, -0.2) is 4.98 Å². The van der Waals surface area contributed by atoms with Crippen LogP contribution in [0.15, 0.2) is 72.9 Å². The molecule has 3 heterocycles. The Morgan fingerprint density at radius 3 is 2.43 bits per heavy atom. The molecule has 0 aliphatic carbocycles. The van der Waals surface area contributed by atoms with Crippen LogP contribution >= 0.6 is 22.9 Å². The van der Waals surface area contributed by atoms with E-state index in [0.29, 0.717) is 10.9 Å². The molecule has 1 aliphatic heterocycles. The number of halogens is 1. The first-order valence-corrected chi connectivity index (χ1v) is 15.9. The number of fused-ring (bicyclic) bond motifs is 1. The third kappa shape index (κ3) is 6.39. The van der Waals surface area contributed by atoms with Crippen LogP contribution in [-0.2, 0) is 13.5 Å². The number of nitrogens with zero attached hydrogens (tertiary/aromatic N) is 4. The van der Waals surface area contributed by atoms with E-state index in [0.717, 1.165) is 60.8 Å². The number of aryl methyl sites for hydroxylation is 3. The predicted octanol–water partition coefficient (Wildman–Crippen LogP) is 9.13. The SMILES string of the molecule is Cc1sc(C2CCN(CCCCc3cn(C)c4ccc(C#N)cc34)CC2)nc1-c1ccc(Oc2ccc(Cl)cc2)cc1. The molecule has 5 aromatic rings. The molecular weight excluding hydrogens is 560 g/mol. The standard InChI is InChI=1S/C35H35ClN4OS/c1-24-34(26-7-11-30(12-8-26)41-31-13-9-29(36)10-14-31)38-35(42-24)27-16-19-40(20-17-27)18-4-3-5-28-23-39(2)33-15-6-25(22-37)21-32(28)33/h6-15,21,23,27H,3-5,16-20H2,1-2H3. The van der Waals surface area contributed by atoms with Gasteiger partial charge in [0.15, 0.2) is 0 Å². The Hall–Kier alpha value is -3.63. The summed E-state index contributed by atoms with van der Waals surface area (Å²) in [6, 6.07) is 23.9. The number of rotatable bonds is 9. The second-order valence-corrected chi connectivity index (χ2v) is 12.9. The molecule has 0 bridgehead atoms. The first-order valence-electron chi connectivity index (χ1n) is 14.7. The van der Waals surface area contributed by atoms with Crippen molar-refractivity contribution >= 4 is 33.8 Å². The molecule has 214 valence electrons. The van der Waals surface area contributed by atoms with Crippen LogP contribution in [0.2, 0.25) is 5.02 Å². The molecule has 7 heteroatoms. The van der Waals surface area contributed by atoms with Crippen molar-refractivity contribution < 1.29 is 4.74 Å². The number of thiazole rings is 1. The van der Waals surface area contributed by atoms with E-state index in [1.54, 1.807) is 0 Å². The van der Waals surface area contributed by atoms with Gasteiger partial charge in [0.25, 0.3) is 0 Å². The van der Waals surface area contributed by atoms with Gasteiger partial charge in [0.2, 0.25) is 0 Å². The molecule has 0 radical (unpaired) electrons. The average Bonchev–Trinajstić information content (AvgIpc) is 3.56. The molecule has 1 aliphatic rings. The minimum Gasteiger partial charge on any atom is -0.457 e. The lowest BCUT2D eigenvalue weighted by atomic mass is 9.97. The maximum atomic E-state index is 9.30. The molecule has 1 fully saturated rings. The Labute approximate surface area is 257 Å². The number of hydrogen-bond acceptors (Lipinski definition) is 5. The summed E-state index contributed by atoms with van der Waals surface area (Å²) < 4.78 is 8.13. The van der Waals surface area contributed by atoms with Gasteiger partial charge in [-0.05, 0) is 131 Å². The van der Waals surface area contributed by atoms with Gasteiger partial charge in [0, 0.05) is 45.5 Å². The predicted molar refractivity (Wildman–Crippen MR) is 173 cm³/mol. The van der Waals surface area contributed by atoms with Gasteiger partial charge < -0.3 is 14.2 Å². The first kappa shape index (κ1) is 28.5. The van der Waals surface area contributed by atoms with Crippen LogP contribution in [0.25, 0.3) is 22.2 Å². The maximum absolute atomic E-state index is 9.30. The third-order valence-electron chi connectivity index (χ3n) is 8.30. The Morgan fingerprint density at radius 1 is 1.00 bits per heavy atom. The smallest absolute Gasteiger partial charge is 0.127 e. The number of benzene rings is 3. The maximum Gasteiger partial charge on any atom is 0.127 e. The minimum absolute atomic E-state index is 0.538. The lowest BCUT2D eigenvalue weighted by Gasteiger charge is -2.31. The van der Waals surface area contributed by atoms with Crippen LogP contribution in [0, 0.1) is 18.3 Å². The normalized spacial score (nSPS) is 14.3. The van der Waals surface area contributed by atoms with Crippen LogP contribution in [0.3, 0.4) is 0 Å². The number of hydrogen-bond donors (Lipinski definition) is 0. The number of likely N-dealkylation sites (tertiary alicyclic amines) is 1. The molecule has 2 aromatic heterocycles. The summed E-state index contributed by atoms with van der Waals surface area (Å²) >= 11 is 7.83. The number of unbranched alkanes of at least 4 members (excludes halogenated alkanes) is 1. The molecule has 0 unspecified atom stereocenters. The fourth-order valence-corrected chi connectivity index (χ4v) is 7.21. The summed E-state index contributed by atoms with van der Waals surface area (Å²) in [5, 5.41) is 12.5. The monoisotopic (exact) mass is 594 g/mol. The summed E-state index contributed by atoms with van der Waals surface area (Å²) in [6.07, 6.45) is 7.97. The number of aromatic nitrogens is 2. The van der Waals surface area contributed by atoms with Crippen LogP contribution < -0.4 is 4.74 Å². The molecule has 6 rings (SSSR count). The van der Waals surface area contributed by atoms with Crippen molar-refractivity contribution in [2.75, 3.05) is 19.6 Å². The second-order valence-electron chi connectivity index (χ2n) is 11.2. The zero-order chi connectivity index (χ0) is 29.1. The molecule has 0 N–H and O–H groups in total. The molecule has 3 aromatic carbocycles. The zero-order valence-corrected chi connectivity index (χ0v) is 25.7. The second kappa shape index (κ2) is 12.7. The molecular formula is C35H35ClN4OS. The van der Waals surface area contributed by atoms with Crippen LogP contribution in [0.1, 0.15) is 52.6 Å². The lowest BCUT2D eigenvalue weighted by molar-refractivity contribution is 0.209. The quantitative estimate of drug-likeness (QED) is 0.160. The number of ether oxygens (including phenoxy) is 1. The van der Waals surface area contributed by atoms with E-state index in [1.807, 2.05) is 59.9 Å². The van der Waals surface area contributed by atoms with Crippen LogP contribution in [0.5, 0.6) is 11.5 Å². The fraction of sp³-hybridized carbons (Fsp3) is 0.314.